The van der Waals surface area contributed by atoms with Crippen molar-refractivity contribution >= 4 is 16.9 Å². The van der Waals surface area contributed by atoms with Crippen molar-refractivity contribution in [2.45, 2.75) is 13.0 Å². The molecular weight excluding hydrogens is 388 g/mol. The minimum absolute atomic E-state index is 0.0531. The van der Waals surface area contributed by atoms with E-state index in [1.807, 2.05) is 6.07 Å². The van der Waals surface area contributed by atoms with Crippen LogP contribution in [0.4, 0.5) is 23.2 Å². The Kier molecular flexibility index (Phi) is 4.83. The van der Waals surface area contributed by atoms with E-state index in [9.17, 15) is 17.6 Å². The molecule has 0 aliphatic rings. The molecule has 29 heavy (non-hydrogen) atoms. The average molecular weight is 402 g/mol. The molecule has 0 radical (unpaired) electrons. The van der Waals surface area contributed by atoms with Crippen LogP contribution < -0.4 is 5.32 Å². The highest BCUT2D eigenvalue weighted by molar-refractivity contribution is 5.74. The summed E-state index contributed by atoms with van der Waals surface area (Å²) in [6, 6.07) is 5.09. The maximum absolute atomic E-state index is 14.2. The third-order valence-electron chi connectivity index (χ3n) is 4.35. The van der Waals surface area contributed by atoms with Gasteiger partial charge < -0.3 is 5.32 Å². The second kappa shape index (κ2) is 7.46. The van der Waals surface area contributed by atoms with Crippen molar-refractivity contribution in [3.8, 4) is 11.3 Å². The predicted molar refractivity (Wildman–Crippen MR) is 98.5 cm³/mol. The third-order valence-corrected chi connectivity index (χ3v) is 4.35. The molecule has 4 aromatic rings. The minimum Gasteiger partial charge on any atom is -0.387 e. The molecule has 4 rings (SSSR count). The molecule has 0 amide bonds. The number of nitrogens with one attached hydrogen (secondary N) is 1. The first kappa shape index (κ1) is 18.8. The molecule has 1 N–H and O–H groups in total. The van der Waals surface area contributed by atoms with E-state index in [0.29, 0.717) is 0 Å². The van der Waals surface area contributed by atoms with E-state index in [1.54, 1.807) is 19.4 Å². The molecule has 0 saturated heterocycles. The number of nitrogens with zero attached hydrogens (tertiary/aromatic N) is 5. The number of hydrogen-bond acceptors (Lipinski definition) is 5. The minimum atomic E-state index is -2.97. The topological polar surface area (TPSA) is 68.5 Å². The van der Waals surface area contributed by atoms with Crippen molar-refractivity contribution < 1.29 is 17.6 Å². The van der Waals surface area contributed by atoms with E-state index in [-0.39, 0.29) is 29.0 Å². The lowest BCUT2D eigenvalue weighted by molar-refractivity contribution is 0.146. The Balaban J connectivity index is 1.77. The number of pyridine rings is 1. The highest BCUT2D eigenvalue weighted by atomic mass is 19.3. The van der Waals surface area contributed by atoms with Gasteiger partial charge in [0, 0.05) is 25.0 Å². The van der Waals surface area contributed by atoms with Gasteiger partial charge in [-0.25, -0.2) is 27.8 Å². The summed E-state index contributed by atoms with van der Waals surface area (Å²) >= 11 is 0. The lowest BCUT2D eigenvalue weighted by Gasteiger charge is -2.07. The summed E-state index contributed by atoms with van der Waals surface area (Å²) in [5.41, 5.74) is 1.30. The molecule has 6 nitrogen and oxygen atoms in total. The van der Waals surface area contributed by atoms with E-state index in [4.69, 9.17) is 0 Å². The molecule has 0 spiro atoms. The number of rotatable bonds is 5. The van der Waals surface area contributed by atoms with Gasteiger partial charge in [-0.05, 0) is 29.8 Å². The van der Waals surface area contributed by atoms with Gasteiger partial charge in [-0.1, -0.05) is 0 Å². The van der Waals surface area contributed by atoms with Crippen molar-refractivity contribution in [1.29, 1.82) is 0 Å². The second-order valence-corrected chi connectivity index (χ2v) is 6.24. The Morgan fingerprint density at radius 3 is 2.69 bits per heavy atom. The Labute approximate surface area is 162 Å². The molecule has 0 fully saturated rings. The van der Waals surface area contributed by atoms with Crippen molar-refractivity contribution in [2.75, 3.05) is 12.4 Å². The smallest absolute Gasteiger partial charge is 0.266 e. The largest absolute Gasteiger partial charge is 0.387 e. The molecule has 3 aromatic heterocycles. The van der Waals surface area contributed by atoms with Crippen LogP contribution in [0.2, 0.25) is 0 Å². The predicted octanol–water partition coefficient (Wildman–Crippen LogP) is 4.19. The summed E-state index contributed by atoms with van der Waals surface area (Å²) in [5, 5.41) is 6.79. The van der Waals surface area contributed by atoms with E-state index in [0.717, 1.165) is 23.4 Å². The standard InChI is InChI=1S/C19H14F4N6/c1-24-12-4-10(6-25-7-12)9-29-19-16(18(23)28-29)26-8-15(27-19)11-2-3-14(20)13(5-11)17(21)22/h2-8,17,24H,9H2,1H3. The fourth-order valence-electron chi connectivity index (χ4n) is 2.91. The average Bonchev–Trinajstić information content (AvgIpc) is 3.03. The van der Waals surface area contributed by atoms with Gasteiger partial charge in [-0.2, -0.15) is 4.39 Å². The number of aromatic nitrogens is 5. The number of benzene rings is 1. The maximum Gasteiger partial charge on any atom is 0.266 e. The van der Waals surface area contributed by atoms with Gasteiger partial charge in [-0.15, -0.1) is 5.10 Å². The van der Waals surface area contributed by atoms with Gasteiger partial charge in [0.2, 0.25) is 0 Å². The van der Waals surface area contributed by atoms with Crippen LogP contribution in [-0.2, 0) is 6.54 Å². The van der Waals surface area contributed by atoms with E-state index in [2.05, 4.69) is 25.4 Å². The van der Waals surface area contributed by atoms with Crippen LogP contribution in [0.5, 0.6) is 0 Å². The molecule has 0 bridgehead atoms. The van der Waals surface area contributed by atoms with Crippen LogP contribution in [0.3, 0.4) is 0 Å². The van der Waals surface area contributed by atoms with Crippen LogP contribution in [-0.4, -0.2) is 31.8 Å². The zero-order valence-electron chi connectivity index (χ0n) is 15.1. The molecule has 0 aliphatic heterocycles. The van der Waals surface area contributed by atoms with Crippen LogP contribution in [0.15, 0.2) is 42.9 Å². The van der Waals surface area contributed by atoms with Gasteiger partial charge in [-0.3, -0.25) is 4.98 Å². The summed E-state index contributed by atoms with van der Waals surface area (Å²) in [7, 11) is 1.75. The third kappa shape index (κ3) is 3.60. The number of hydrogen-bond donors (Lipinski definition) is 1. The molecule has 10 heteroatoms. The highest BCUT2D eigenvalue weighted by Crippen LogP contribution is 2.28. The van der Waals surface area contributed by atoms with Gasteiger partial charge in [0.15, 0.2) is 11.2 Å². The van der Waals surface area contributed by atoms with E-state index >= 15 is 0 Å². The van der Waals surface area contributed by atoms with E-state index in [1.165, 1.54) is 16.9 Å². The second-order valence-electron chi connectivity index (χ2n) is 6.24. The molecule has 148 valence electrons. The molecule has 1 aromatic carbocycles. The maximum atomic E-state index is 14.2. The Bertz CT molecular complexity index is 1190. The molecule has 0 atom stereocenters. The van der Waals surface area contributed by atoms with Crippen molar-refractivity contribution in [2.24, 2.45) is 0 Å². The Morgan fingerprint density at radius 1 is 1.10 bits per heavy atom. The zero-order valence-corrected chi connectivity index (χ0v) is 15.1. The first-order valence-corrected chi connectivity index (χ1v) is 8.55. The Hall–Kier alpha value is -3.56. The fourth-order valence-corrected chi connectivity index (χ4v) is 2.91. The summed E-state index contributed by atoms with van der Waals surface area (Å²) < 4.78 is 55.1. The van der Waals surface area contributed by atoms with Crippen LogP contribution >= 0.6 is 0 Å². The van der Waals surface area contributed by atoms with Gasteiger partial charge in [0.1, 0.15) is 5.82 Å². The molecule has 0 unspecified atom stereocenters. The van der Waals surface area contributed by atoms with Gasteiger partial charge in [0.05, 0.1) is 29.7 Å². The van der Waals surface area contributed by atoms with Crippen molar-refractivity contribution in [3.05, 3.63) is 65.7 Å². The first-order valence-electron chi connectivity index (χ1n) is 8.55. The van der Waals surface area contributed by atoms with Crippen LogP contribution in [0, 0.1) is 11.8 Å². The zero-order chi connectivity index (χ0) is 20.5. The lowest BCUT2D eigenvalue weighted by atomic mass is 10.1. The molecular formula is C19H14F4N6. The van der Waals surface area contributed by atoms with Gasteiger partial charge >= 0.3 is 0 Å². The monoisotopic (exact) mass is 402 g/mol. The first-order chi connectivity index (χ1) is 14.0. The van der Waals surface area contributed by atoms with Crippen molar-refractivity contribution in [1.82, 2.24) is 24.7 Å². The van der Waals surface area contributed by atoms with Crippen LogP contribution in [0.25, 0.3) is 22.4 Å². The molecule has 0 aliphatic carbocycles. The SMILES string of the molecule is CNc1cncc(Cn2nc(F)c3ncc(-c4ccc(F)c(C(F)F)c4)nc32)c1. The number of halogens is 4. The summed E-state index contributed by atoms with van der Waals surface area (Å²) in [6.07, 6.45) is 1.52. The summed E-state index contributed by atoms with van der Waals surface area (Å²) in [5.74, 6) is -1.81. The normalized spacial score (nSPS) is 11.4. The van der Waals surface area contributed by atoms with Gasteiger partial charge in [0.25, 0.3) is 12.4 Å². The number of anilines is 1. The fraction of sp³-hybridized carbons (Fsp3) is 0.158. The lowest BCUT2D eigenvalue weighted by Crippen LogP contribution is -2.04. The molecule has 3 heterocycles. The highest BCUT2D eigenvalue weighted by Gasteiger charge is 2.18. The van der Waals surface area contributed by atoms with Crippen LogP contribution in [0.1, 0.15) is 17.6 Å². The number of fused-ring (bicyclic) bond motifs is 1. The number of alkyl halides is 2. The summed E-state index contributed by atoms with van der Waals surface area (Å²) in [6.45, 7) is 0.173. The van der Waals surface area contributed by atoms with Crippen molar-refractivity contribution in [3.63, 3.8) is 0 Å². The quantitative estimate of drug-likeness (QED) is 0.507. The summed E-state index contributed by atoms with van der Waals surface area (Å²) in [4.78, 5) is 12.4. The Morgan fingerprint density at radius 2 is 1.93 bits per heavy atom. The van der Waals surface area contributed by atoms with E-state index < -0.39 is 23.8 Å². The molecule has 0 saturated carbocycles.